The van der Waals surface area contributed by atoms with Crippen LogP contribution in [0.1, 0.15) is 34.5 Å². The van der Waals surface area contributed by atoms with Crippen LogP contribution in [0.3, 0.4) is 0 Å². The molecule has 25 heavy (non-hydrogen) atoms. The highest BCUT2D eigenvalue weighted by atomic mass is 32.1. The van der Waals surface area contributed by atoms with Crippen molar-refractivity contribution in [1.82, 2.24) is 4.98 Å². The van der Waals surface area contributed by atoms with E-state index in [1.165, 1.54) is 11.3 Å². The van der Waals surface area contributed by atoms with Crippen LogP contribution < -0.4 is 5.32 Å². The maximum Gasteiger partial charge on any atom is 0.342 e. The Morgan fingerprint density at radius 3 is 2.68 bits per heavy atom. The van der Waals surface area contributed by atoms with Crippen molar-refractivity contribution in [2.45, 2.75) is 27.2 Å². The normalized spacial score (nSPS) is 10.4. The number of thiazole rings is 1. The second-order valence-electron chi connectivity index (χ2n) is 5.08. The van der Waals surface area contributed by atoms with Gasteiger partial charge in [0.25, 0.3) is 5.91 Å². The Hall–Kier alpha value is -2.68. The number of ether oxygens (including phenoxy) is 2. The molecule has 0 saturated carbocycles. The molecule has 9 heteroatoms. The summed E-state index contributed by atoms with van der Waals surface area (Å²) in [5, 5.41) is 4.47. The van der Waals surface area contributed by atoms with E-state index in [9.17, 15) is 14.4 Å². The molecule has 0 aliphatic carbocycles. The Labute approximate surface area is 148 Å². The fourth-order valence-corrected chi connectivity index (χ4v) is 2.73. The van der Waals surface area contributed by atoms with E-state index < -0.39 is 18.5 Å². The van der Waals surface area contributed by atoms with Crippen molar-refractivity contribution in [3.05, 3.63) is 34.2 Å². The molecule has 2 aromatic heterocycles. The molecule has 1 N–H and O–H groups in total. The number of carbonyl (C=O) groups is 3. The molecule has 0 aliphatic heterocycles. The van der Waals surface area contributed by atoms with Crippen molar-refractivity contribution in [1.29, 1.82) is 0 Å². The van der Waals surface area contributed by atoms with Gasteiger partial charge >= 0.3 is 11.9 Å². The minimum Gasteiger partial charge on any atom is -0.466 e. The topological polar surface area (TPSA) is 108 Å². The summed E-state index contributed by atoms with van der Waals surface area (Å²) in [6.45, 7) is 4.93. The molecule has 2 rings (SSSR count). The van der Waals surface area contributed by atoms with Gasteiger partial charge in [-0.2, -0.15) is 0 Å². The number of esters is 2. The Bertz CT molecular complexity index is 779. The number of nitrogens with zero attached hydrogens (tertiary/aromatic N) is 1. The number of rotatable bonds is 7. The number of carbonyl (C=O) groups excluding carboxylic acids is 3. The van der Waals surface area contributed by atoms with Crippen LogP contribution >= 0.6 is 11.3 Å². The van der Waals surface area contributed by atoms with E-state index in [2.05, 4.69) is 10.3 Å². The van der Waals surface area contributed by atoms with E-state index >= 15 is 0 Å². The van der Waals surface area contributed by atoms with Crippen molar-refractivity contribution >= 4 is 34.3 Å². The lowest BCUT2D eigenvalue weighted by Gasteiger charge is -2.03. The van der Waals surface area contributed by atoms with Crippen LogP contribution in [0.25, 0.3) is 0 Å². The average Bonchev–Trinajstić information content (AvgIpc) is 3.11. The highest BCUT2D eigenvalue weighted by Crippen LogP contribution is 2.17. The van der Waals surface area contributed by atoms with Gasteiger partial charge in [0.05, 0.1) is 18.7 Å². The predicted molar refractivity (Wildman–Crippen MR) is 89.5 cm³/mol. The first-order valence-corrected chi connectivity index (χ1v) is 8.41. The van der Waals surface area contributed by atoms with Gasteiger partial charge < -0.3 is 13.9 Å². The van der Waals surface area contributed by atoms with E-state index in [1.54, 1.807) is 32.2 Å². The molecule has 0 spiro atoms. The van der Waals surface area contributed by atoms with E-state index in [4.69, 9.17) is 13.9 Å². The monoisotopic (exact) mass is 366 g/mol. The van der Waals surface area contributed by atoms with Crippen LogP contribution in [0.15, 0.2) is 15.9 Å². The molecular weight excluding hydrogens is 348 g/mol. The van der Waals surface area contributed by atoms with Gasteiger partial charge in [-0.05, 0) is 26.8 Å². The SMILES string of the molecule is CCOC(=O)Cc1csc(NC(=O)COC(=O)c2cc(C)oc2C)n1. The molecule has 0 radical (unpaired) electrons. The van der Waals surface area contributed by atoms with Gasteiger partial charge in [0.1, 0.15) is 17.1 Å². The molecular formula is C16H18N2O6S. The maximum atomic E-state index is 11.9. The standard InChI is InChI=1S/C16H18N2O6S/c1-4-22-14(20)6-11-8-25-16(17-11)18-13(19)7-23-15(21)12-5-9(2)24-10(12)3/h5,8H,4,6-7H2,1-3H3,(H,17,18,19). The predicted octanol–water partition coefficient (Wildman–Crippen LogP) is 2.25. The van der Waals surface area contributed by atoms with E-state index in [-0.39, 0.29) is 18.0 Å². The summed E-state index contributed by atoms with van der Waals surface area (Å²) >= 11 is 1.17. The number of aromatic nitrogens is 1. The van der Waals surface area contributed by atoms with Crippen LogP contribution in [0.5, 0.6) is 0 Å². The quantitative estimate of drug-likeness (QED) is 0.749. The Balaban J connectivity index is 1.82. The molecule has 8 nitrogen and oxygen atoms in total. The first kappa shape index (κ1) is 18.7. The third-order valence-electron chi connectivity index (χ3n) is 3.02. The van der Waals surface area contributed by atoms with Gasteiger partial charge in [-0.25, -0.2) is 9.78 Å². The van der Waals surface area contributed by atoms with Crippen molar-refractivity contribution in [2.24, 2.45) is 0 Å². The zero-order valence-electron chi connectivity index (χ0n) is 14.1. The van der Waals surface area contributed by atoms with Gasteiger partial charge in [0.2, 0.25) is 0 Å². The molecule has 2 heterocycles. The minimum absolute atomic E-state index is 0.0360. The summed E-state index contributed by atoms with van der Waals surface area (Å²) in [4.78, 5) is 39.2. The van der Waals surface area contributed by atoms with Gasteiger partial charge in [-0.15, -0.1) is 11.3 Å². The molecule has 134 valence electrons. The largest absolute Gasteiger partial charge is 0.466 e. The molecule has 0 aliphatic rings. The number of hydrogen-bond acceptors (Lipinski definition) is 8. The Morgan fingerprint density at radius 2 is 2.04 bits per heavy atom. The number of anilines is 1. The highest BCUT2D eigenvalue weighted by Gasteiger charge is 2.17. The highest BCUT2D eigenvalue weighted by molar-refractivity contribution is 7.13. The van der Waals surface area contributed by atoms with E-state index in [1.807, 2.05) is 0 Å². The van der Waals surface area contributed by atoms with Crippen LogP contribution in [0.2, 0.25) is 0 Å². The Kier molecular flexibility index (Phi) is 6.29. The zero-order valence-corrected chi connectivity index (χ0v) is 14.9. The second kappa shape index (κ2) is 8.43. The number of hydrogen-bond donors (Lipinski definition) is 1. The average molecular weight is 366 g/mol. The van der Waals surface area contributed by atoms with Crippen LogP contribution in [0.4, 0.5) is 5.13 Å². The molecule has 0 bridgehead atoms. The summed E-state index contributed by atoms with van der Waals surface area (Å²) in [5.74, 6) is -0.516. The first-order chi connectivity index (χ1) is 11.9. The molecule has 0 fully saturated rings. The molecule has 1 amide bonds. The number of nitrogens with one attached hydrogen (secondary N) is 1. The smallest absolute Gasteiger partial charge is 0.342 e. The lowest BCUT2D eigenvalue weighted by Crippen LogP contribution is -2.21. The van der Waals surface area contributed by atoms with Gasteiger partial charge in [0, 0.05) is 5.38 Å². The molecule has 0 unspecified atom stereocenters. The van der Waals surface area contributed by atoms with Crippen LogP contribution in [0, 0.1) is 13.8 Å². The third kappa shape index (κ3) is 5.42. The fourth-order valence-electron chi connectivity index (χ4n) is 2.00. The number of amides is 1. The van der Waals surface area contributed by atoms with Crippen LogP contribution in [-0.4, -0.2) is 36.0 Å². The second-order valence-corrected chi connectivity index (χ2v) is 5.94. The van der Waals surface area contributed by atoms with Crippen LogP contribution in [-0.2, 0) is 25.5 Å². The molecule has 0 aromatic carbocycles. The zero-order chi connectivity index (χ0) is 18.4. The molecule has 0 atom stereocenters. The molecule has 2 aromatic rings. The van der Waals surface area contributed by atoms with Crippen molar-refractivity contribution in [3.63, 3.8) is 0 Å². The summed E-state index contributed by atoms with van der Waals surface area (Å²) in [6.07, 6.45) is 0.0360. The summed E-state index contributed by atoms with van der Waals surface area (Å²) in [5.41, 5.74) is 0.788. The first-order valence-electron chi connectivity index (χ1n) is 7.53. The van der Waals surface area contributed by atoms with Crippen molar-refractivity contribution in [3.8, 4) is 0 Å². The minimum atomic E-state index is -0.633. The fraction of sp³-hybridized carbons (Fsp3) is 0.375. The molecule has 0 saturated heterocycles. The number of aryl methyl sites for hydroxylation is 2. The van der Waals surface area contributed by atoms with E-state index in [0.717, 1.165) is 0 Å². The van der Waals surface area contributed by atoms with Crippen molar-refractivity contribution < 1.29 is 28.3 Å². The summed E-state index contributed by atoms with van der Waals surface area (Å²) < 4.78 is 15.0. The number of furan rings is 1. The maximum absolute atomic E-state index is 11.9. The Morgan fingerprint density at radius 1 is 1.28 bits per heavy atom. The van der Waals surface area contributed by atoms with E-state index in [0.29, 0.717) is 29.0 Å². The summed E-state index contributed by atoms with van der Waals surface area (Å²) in [7, 11) is 0. The lowest BCUT2D eigenvalue weighted by molar-refractivity contribution is -0.142. The lowest BCUT2D eigenvalue weighted by atomic mass is 10.2. The van der Waals surface area contributed by atoms with Gasteiger partial charge in [-0.3, -0.25) is 14.9 Å². The summed E-state index contributed by atoms with van der Waals surface area (Å²) in [6, 6.07) is 1.55. The third-order valence-corrected chi connectivity index (χ3v) is 3.83. The van der Waals surface area contributed by atoms with Gasteiger partial charge in [-0.1, -0.05) is 0 Å². The van der Waals surface area contributed by atoms with Gasteiger partial charge in [0.15, 0.2) is 11.7 Å². The van der Waals surface area contributed by atoms with Crippen molar-refractivity contribution in [2.75, 3.05) is 18.5 Å².